The Kier molecular flexibility index (Phi) is 3.27. The molecule has 1 fully saturated rings. The highest BCUT2D eigenvalue weighted by Gasteiger charge is 2.44. The lowest BCUT2D eigenvalue weighted by atomic mass is 9.92. The minimum absolute atomic E-state index is 0.134. The van der Waals surface area contributed by atoms with Crippen molar-refractivity contribution in [3.8, 4) is 11.5 Å². The fraction of sp³-hybridized carbons (Fsp3) is 0.417. The highest BCUT2D eigenvalue weighted by molar-refractivity contribution is 14.1. The van der Waals surface area contributed by atoms with Gasteiger partial charge in [-0.3, -0.25) is 4.79 Å². The molecule has 0 amide bonds. The molecule has 0 unspecified atom stereocenters. The Morgan fingerprint density at radius 2 is 2.11 bits per heavy atom. The van der Waals surface area contributed by atoms with Crippen molar-refractivity contribution in [2.24, 2.45) is 0 Å². The standard InChI is InChI=1S/C12H10ClIO4/c13-11-10(9(4-14)18-12(11)15)6-1-2-7-8(3-6)17-5-16-7/h1-3,9-11H,4-5H2/t9-,10+,11-/m0/s1. The predicted molar refractivity (Wildman–Crippen MR) is 73.7 cm³/mol. The average Bonchev–Trinajstić information content (AvgIpc) is 2.94. The summed E-state index contributed by atoms with van der Waals surface area (Å²) in [6.45, 7) is 0.235. The summed E-state index contributed by atoms with van der Waals surface area (Å²) < 4.78 is 16.6. The molecule has 3 rings (SSSR count). The van der Waals surface area contributed by atoms with Crippen LogP contribution in [0.25, 0.3) is 0 Å². The van der Waals surface area contributed by atoms with E-state index >= 15 is 0 Å². The Morgan fingerprint density at radius 3 is 2.89 bits per heavy atom. The fourth-order valence-corrected chi connectivity index (χ4v) is 3.34. The van der Waals surface area contributed by atoms with Crippen LogP contribution in [0, 0.1) is 0 Å². The lowest BCUT2D eigenvalue weighted by Gasteiger charge is -2.17. The second-order valence-corrected chi connectivity index (χ2v) is 5.52. The summed E-state index contributed by atoms with van der Waals surface area (Å²) in [5.41, 5.74) is 0.951. The molecular weight excluding hydrogens is 370 g/mol. The quantitative estimate of drug-likeness (QED) is 0.449. The summed E-state index contributed by atoms with van der Waals surface area (Å²) >= 11 is 8.33. The van der Waals surface area contributed by atoms with Gasteiger partial charge in [-0.1, -0.05) is 28.7 Å². The summed E-state index contributed by atoms with van der Waals surface area (Å²) in [6, 6.07) is 5.63. The van der Waals surface area contributed by atoms with Crippen molar-refractivity contribution in [3.05, 3.63) is 23.8 Å². The van der Waals surface area contributed by atoms with Crippen LogP contribution in [0.4, 0.5) is 0 Å². The normalized spacial score (nSPS) is 29.4. The van der Waals surface area contributed by atoms with Gasteiger partial charge in [0.15, 0.2) is 11.5 Å². The number of carbonyl (C=O) groups excluding carboxylic acids is 1. The minimum atomic E-state index is -0.634. The number of esters is 1. The topological polar surface area (TPSA) is 44.8 Å². The second-order valence-electron chi connectivity index (χ2n) is 4.17. The first-order valence-corrected chi connectivity index (χ1v) is 7.47. The van der Waals surface area contributed by atoms with Gasteiger partial charge in [0, 0.05) is 10.3 Å². The molecular formula is C12H10ClIO4. The van der Waals surface area contributed by atoms with E-state index in [1.165, 1.54) is 0 Å². The Morgan fingerprint density at radius 1 is 1.33 bits per heavy atom. The molecule has 3 atom stereocenters. The minimum Gasteiger partial charge on any atom is -0.460 e. The summed E-state index contributed by atoms with van der Waals surface area (Å²) in [5.74, 6) is 0.940. The Bertz CT molecular complexity index is 493. The number of hydrogen-bond donors (Lipinski definition) is 0. The van der Waals surface area contributed by atoms with Gasteiger partial charge in [0.25, 0.3) is 0 Å². The Hall–Kier alpha value is -0.690. The first kappa shape index (κ1) is 12.3. The largest absolute Gasteiger partial charge is 0.460 e. The third-order valence-corrected chi connectivity index (χ3v) is 4.46. The fourth-order valence-electron chi connectivity index (χ4n) is 2.25. The van der Waals surface area contributed by atoms with Gasteiger partial charge in [-0.25, -0.2) is 0 Å². The number of halogens is 2. The van der Waals surface area contributed by atoms with Crippen molar-refractivity contribution in [1.29, 1.82) is 0 Å². The second kappa shape index (κ2) is 4.77. The molecule has 0 aliphatic carbocycles. The van der Waals surface area contributed by atoms with Crippen LogP contribution in [-0.4, -0.2) is 28.7 Å². The number of alkyl halides is 2. The van der Waals surface area contributed by atoms with Crippen molar-refractivity contribution in [3.63, 3.8) is 0 Å². The van der Waals surface area contributed by atoms with Gasteiger partial charge in [0.05, 0.1) is 0 Å². The zero-order valence-electron chi connectivity index (χ0n) is 9.27. The number of cyclic esters (lactones) is 1. The molecule has 96 valence electrons. The van der Waals surface area contributed by atoms with Crippen LogP contribution in [0.2, 0.25) is 0 Å². The Labute approximate surface area is 123 Å². The molecule has 1 aromatic carbocycles. The van der Waals surface area contributed by atoms with Crippen LogP contribution in [-0.2, 0) is 9.53 Å². The summed E-state index contributed by atoms with van der Waals surface area (Å²) in [5, 5.41) is -0.634. The van der Waals surface area contributed by atoms with E-state index in [1.807, 2.05) is 18.2 Å². The first-order chi connectivity index (χ1) is 8.70. The summed E-state index contributed by atoms with van der Waals surface area (Å²) in [4.78, 5) is 11.5. The van der Waals surface area contributed by atoms with Crippen LogP contribution in [0.5, 0.6) is 11.5 Å². The highest BCUT2D eigenvalue weighted by Crippen LogP contribution is 2.41. The molecule has 1 aromatic rings. The van der Waals surface area contributed by atoms with E-state index in [9.17, 15) is 4.79 Å². The monoisotopic (exact) mass is 380 g/mol. The average molecular weight is 381 g/mol. The number of carbonyl (C=O) groups is 1. The molecule has 0 bridgehead atoms. The van der Waals surface area contributed by atoms with E-state index < -0.39 is 5.38 Å². The Balaban J connectivity index is 1.96. The molecule has 2 aliphatic rings. The van der Waals surface area contributed by atoms with Crippen LogP contribution in [0.3, 0.4) is 0 Å². The third kappa shape index (κ3) is 1.93. The molecule has 0 N–H and O–H groups in total. The van der Waals surface area contributed by atoms with Gasteiger partial charge >= 0.3 is 5.97 Å². The molecule has 0 saturated carbocycles. The van der Waals surface area contributed by atoms with Crippen LogP contribution >= 0.6 is 34.2 Å². The first-order valence-electron chi connectivity index (χ1n) is 5.51. The lowest BCUT2D eigenvalue weighted by molar-refractivity contribution is -0.140. The van der Waals surface area contributed by atoms with E-state index in [0.29, 0.717) is 10.2 Å². The number of ether oxygens (including phenoxy) is 3. The molecule has 0 spiro atoms. The van der Waals surface area contributed by atoms with E-state index in [1.54, 1.807) is 0 Å². The van der Waals surface area contributed by atoms with Gasteiger partial charge < -0.3 is 14.2 Å². The van der Waals surface area contributed by atoms with E-state index in [-0.39, 0.29) is 24.8 Å². The van der Waals surface area contributed by atoms with Crippen molar-refractivity contribution < 1.29 is 19.0 Å². The van der Waals surface area contributed by atoms with Crippen molar-refractivity contribution in [2.75, 3.05) is 11.2 Å². The molecule has 2 aliphatic heterocycles. The van der Waals surface area contributed by atoms with Gasteiger partial charge in [-0.2, -0.15) is 0 Å². The molecule has 4 nitrogen and oxygen atoms in total. The zero-order valence-corrected chi connectivity index (χ0v) is 12.2. The smallest absolute Gasteiger partial charge is 0.325 e. The number of benzene rings is 1. The van der Waals surface area contributed by atoms with Crippen molar-refractivity contribution >= 4 is 40.2 Å². The summed E-state index contributed by atoms with van der Waals surface area (Å²) in [7, 11) is 0. The maximum Gasteiger partial charge on any atom is 0.325 e. The van der Waals surface area contributed by atoms with E-state index in [0.717, 1.165) is 11.3 Å². The molecule has 1 saturated heterocycles. The number of fused-ring (bicyclic) bond motifs is 1. The molecule has 0 aromatic heterocycles. The predicted octanol–water partition coefficient (Wildman–Crippen LogP) is 2.47. The maximum atomic E-state index is 11.5. The van der Waals surface area contributed by atoms with Crippen molar-refractivity contribution in [2.45, 2.75) is 17.4 Å². The highest BCUT2D eigenvalue weighted by atomic mass is 127. The maximum absolute atomic E-state index is 11.5. The number of hydrogen-bond acceptors (Lipinski definition) is 4. The molecule has 0 radical (unpaired) electrons. The number of rotatable bonds is 2. The lowest BCUT2D eigenvalue weighted by Crippen LogP contribution is -2.20. The van der Waals surface area contributed by atoms with Crippen LogP contribution in [0.1, 0.15) is 11.5 Å². The van der Waals surface area contributed by atoms with E-state index in [4.69, 9.17) is 25.8 Å². The van der Waals surface area contributed by atoms with Crippen LogP contribution < -0.4 is 9.47 Å². The molecule has 18 heavy (non-hydrogen) atoms. The van der Waals surface area contributed by atoms with Gasteiger partial charge in [-0.15, -0.1) is 11.6 Å². The van der Waals surface area contributed by atoms with E-state index in [2.05, 4.69) is 22.6 Å². The SMILES string of the molecule is O=C1O[C@@H](CI)[C@@H](c2ccc3c(c2)OCO3)[C@@H]1Cl. The van der Waals surface area contributed by atoms with Gasteiger partial charge in [0.1, 0.15) is 11.5 Å². The third-order valence-electron chi connectivity index (χ3n) is 3.14. The molecule has 2 heterocycles. The van der Waals surface area contributed by atoms with Crippen molar-refractivity contribution in [1.82, 2.24) is 0 Å². The van der Waals surface area contributed by atoms with Gasteiger partial charge in [0.2, 0.25) is 6.79 Å². The zero-order chi connectivity index (χ0) is 12.7. The summed E-state index contributed by atoms with van der Waals surface area (Å²) in [6.07, 6.45) is -0.180. The van der Waals surface area contributed by atoms with Gasteiger partial charge in [-0.05, 0) is 17.7 Å². The van der Waals surface area contributed by atoms with Crippen LogP contribution in [0.15, 0.2) is 18.2 Å². The molecule has 6 heteroatoms.